The minimum absolute atomic E-state index is 0.237. The maximum Gasteiger partial charge on any atom is 0.138 e. The van der Waals surface area contributed by atoms with Crippen molar-refractivity contribution in [1.29, 1.82) is 0 Å². The van der Waals surface area contributed by atoms with Crippen molar-refractivity contribution in [3.8, 4) is 0 Å². The maximum atomic E-state index is 12.1. The summed E-state index contributed by atoms with van der Waals surface area (Å²) >= 11 is 0. The van der Waals surface area contributed by atoms with E-state index < -0.39 is 0 Å². The first-order valence-electron chi connectivity index (χ1n) is 6.90. The van der Waals surface area contributed by atoms with Gasteiger partial charge in [0.05, 0.1) is 6.10 Å². The van der Waals surface area contributed by atoms with Crippen LogP contribution in [0.4, 0.5) is 0 Å². The first-order valence-corrected chi connectivity index (χ1v) is 6.90. The molecule has 16 heavy (non-hydrogen) atoms. The van der Waals surface area contributed by atoms with E-state index in [-0.39, 0.29) is 6.10 Å². The molecular weight excluding hydrogens is 200 g/mol. The summed E-state index contributed by atoms with van der Waals surface area (Å²) in [5, 5.41) is 0. The predicted molar refractivity (Wildman–Crippen MR) is 64.3 cm³/mol. The average Bonchev–Trinajstić information content (AvgIpc) is 2.31. The van der Waals surface area contributed by atoms with Crippen LogP contribution in [0.2, 0.25) is 0 Å². The molecule has 2 rings (SSSR count). The van der Waals surface area contributed by atoms with E-state index in [1.807, 2.05) is 0 Å². The summed E-state index contributed by atoms with van der Waals surface area (Å²) in [4.78, 5) is 12.1. The molecule has 1 saturated carbocycles. The van der Waals surface area contributed by atoms with E-state index in [2.05, 4.69) is 6.92 Å². The summed E-state index contributed by atoms with van der Waals surface area (Å²) in [7, 11) is 0. The second-order valence-corrected chi connectivity index (χ2v) is 5.62. The molecule has 2 aliphatic rings. The highest BCUT2D eigenvalue weighted by Crippen LogP contribution is 2.30. The molecule has 0 spiro atoms. The van der Waals surface area contributed by atoms with Crippen LogP contribution in [0.1, 0.15) is 58.3 Å². The highest BCUT2D eigenvalue weighted by molar-refractivity contribution is 5.81. The van der Waals surface area contributed by atoms with Crippen LogP contribution in [0, 0.1) is 11.8 Å². The normalized spacial score (nSPS) is 35.9. The molecule has 0 N–H and O–H groups in total. The van der Waals surface area contributed by atoms with Crippen LogP contribution < -0.4 is 0 Å². The zero-order valence-corrected chi connectivity index (χ0v) is 10.4. The molecule has 1 atom stereocenters. The van der Waals surface area contributed by atoms with E-state index in [1.165, 1.54) is 25.7 Å². The van der Waals surface area contributed by atoms with Crippen molar-refractivity contribution in [1.82, 2.24) is 0 Å². The number of hydrogen-bond acceptors (Lipinski definition) is 2. The fourth-order valence-electron chi connectivity index (χ4n) is 2.94. The molecule has 0 amide bonds. The lowest BCUT2D eigenvalue weighted by Gasteiger charge is -2.28. The number of carbonyl (C=O) groups excluding carboxylic acids is 1. The number of carbonyl (C=O) groups is 1. The predicted octanol–water partition coefficient (Wildman–Crippen LogP) is 3.34. The average molecular weight is 224 g/mol. The Balaban J connectivity index is 1.74. The largest absolute Gasteiger partial charge is 0.378 e. The highest BCUT2D eigenvalue weighted by Gasteiger charge is 2.27. The number of hydrogen-bond donors (Lipinski definition) is 0. The van der Waals surface area contributed by atoms with Gasteiger partial charge in [-0.1, -0.05) is 19.8 Å². The topological polar surface area (TPSA) is 26.3 Å². The van der Waals surface area contributed by atoms with Crippen molar-refractivity contribution < 1.29 is 9.53 Å². The molecule has 0 bridgehead atoms. The monoisotopic (exact) mass is 224 g/mol. The molecule has 1 aliphatic carbocycles. The summed E-state index contributed by atoms with van der Waals surface area (Å²) in [6.45, 7) is 3.16. The van der Waals surface area contributed by atoms with Gasteiger partial charge in [0.2, 0.25) is 0 Å². The molecule has 2 nitrogen and oxygen atoms in total. The van der Waals surface area contributed by atoms with Gasteiger partial charge < -0.3 is 4.74 Å². The van der Waals surface area contributed by atoms with Crippen molar-refractivity contribution in [2.45, 2.75) is 64.4 Å². The van der Waals surface area contributed by atoms with Gasteiger partial charge in [0.15, 0.2) is 0 Å². The van der Waals surface area contributed by atoms with Gasteiger partial charge in [0.1, 0.15) is 5.78 Å². The molecule has 2 heteroatoms. The highest BCUT2D eigenvalue weighted by atomic mass is 16.5. The van der Waals surface area contributed by atoms with Crippen molar-refractivity contribution >= 4 is 5.78 Å². The van der Waals surface area contributed by atoms with E-state index in [4.69, 9.17) is 4.74 Å². The Morgan fingerprint density at radius 3 is 2.50 bits per heavy atom. The molecule has 92 valence electrons. The SMILES string of the molecule is CC1CCC(C(=O)CC2CCCCO2)CC1. The van der Waals surface area contributed by atoms with E-state index in [0.717, 1.165) is 31.8 Å². The minimum atomic E-state index is 0.237. The van der Waals surface area contributed by atoms with Crippen LogP contribution >= 0.6 is 0 Å². The molecule has 1 saturated heterocycles. The number of Topliss-reactive ketones (excluding diaryl/α,β-unsaturated/α-hetero) is 1. The Morgan fingerprint density at radius 1 is 1.12 bits per heavy atom. The summed E-state index contributed by atoms with van der Waals surface area (Å²) in [6, 6.07) is 0. The molecular formula is C14H24O2. The van der Waals surface area contributed by atoms with Gasteiger partial charge >= 0.3 is 0 Å². The number of ether oxygens (including phenoxy) is 1. The van der Waals surface area contributed by atoms with Crippen LogP contribution in [0.5, 0.6) is 0 Å². The third-order valence-electron chi connectivity index (χ3n) is 4.17. The Labute approximate surface area is 98.7 Å². The molecule has 0 aromatic rings. The first kappa shape index (κ1) is 12.1. The fourth-order valence-corrected chi connectivity index (χ4v) is 2.94. The van der Waals surface area contributed by atoms with Gasteiger partial charge in [-0.05, 0) is 38.0 Å². The molecule has 1 unspecified atom stereocenters. The van der Waals surface area contributed by atoms with Crippen molar-refractivity contribution in [3.05, 3.63) is 0 Å². The molecule has 0 aromatic heterocycles. The van der Waals surface area contributed by atoms with Crippen LogP contribution in [0.3, 0.4) is 0 Å². The number of rotatable bonds is 3. The molecule has 2 fully saturated rings. The Kier molecular flexibility index (Phi) is 4.39. The van der Waals surface area contributed by atoms with E-state index >= 15 is 0 Å². The summed E-state index contributed by atoms with van der Waals surface area (Å²) < 4.78 is 5.64. The Morgan fingerprint density at radius 2 is 1.88 bits per heavy atom. The molecule has 1 heterocycles. The minimum Gasteiger partial charge on any atom is -0.378 e. The zero-order chi connectivity index (χ0) is 11.4. The van der Waals surface area contributed by atoms with Crippen molar-refractivity contribution in [2.75, 3.05) is 6.61 Å². The van der Waals surface area contributed by atoms with Crippen molar-refractivity contribution in [2.24, 2.45) is 11.8 Å². The van der Waals surface area contributed by atoms with Gasteiger partial charge in [-0.3, -0.25) is 4.79 Å². The smallest absolute Gasteiger partial charge is 0.138 e. The molecule has 0 aromatic carbocycles. The van der Waals surface area contributed by atoms with Crippen LogP contribution in [0.25, 0.3) is 0 Å². The third kappa shape index (κ3) is 3.31. The van der Waals surface area contributed by atoms with E-state index in [0.29, 0.717) is 18.1 Å². The third-order valence-corrected chi connectivity index (χ3v) is 4.17. The lowest BCUT2D eigenvalue weighted by molar-refractivity contribution is -0.127. The Bertz CT molecular complexity index is 223. The second-order valence-electron chi connectivity index (χ2n) is 5.62. The quantitative estimate of drug-likeness (QED) is 0.735. The molecule has 0 radical (unpaired) electrons. The van der Waals surface area contributed by atoms with Crippen molar-refractivity contribution in [3.63, 3.8) is 0 Å². The van der Waals surface area contributed by atoms with E-state index in [1.54, 1.807) is 0 Å². The van der Waals surface area contributed by atoms with Crippen LogP contribution in [0.15, 0.2) is 0 Å². The lowest BCUT2D eigenvalue weighted by atomic mass is 9.79. The number of ketones is 1. The van der Waals surface area contributed by atoms with E-state index in [9.17, 15) is 4.79 Å². The van der Waals surface area contributed by atoms with Gasteiger partial charge in [-0.25, -0.2) is 0 Å². The molecule has 1 aliphatic heterocycles. The first-order chi connectivity index (χ1) is 7.75. The lowest BCUT2D eigenvalue weighted by Crippen LogP contribution is -2.27. The standard InChI is InChI=1S/C14H24O2/c1-11-5-7-12(8-6-11)14(15)10-13-4-2-3-9-16-13/h11-13H,2-10H2,1H3. The zero-order valence-electron chi connectivity index (χ0n) is 10.4. The summed E-state index contributed by atoms with van der Waals surface area (Å²) in [6.07, 6.45) is 9.13. The summed E-state index contributed by atoms with van der Waals surface area (Å²) in [5.74, 6) is 1.65. The van der Waals surface area contributed by atoms with Gasteiger partial charge in [-0.15, -0.1) is 0 Å². The summed E-state index contributed by atoms with van der Waals surface area (Å²) in [5.41, 5.74) is 0. The van der Waals surface area contributed by atoms with Gasteiger partial charge in [0, 0.05) is 18.9 Å². The van der Waals surface area contributed by atoms with Gasteiger partial charge in [0.25, 0.3) is 0 Å². The second kappa shape index (κ2) is 5.81. The Hall–Kier alpha value is -0.370. The fraction of sp³-hybridized carbons (Fsp3) is 0.929. The van der Waals surface area contributed by atoms with Gasteiger partial charge in [-0.2, -0.15) is 0 Å². The van der Waals surface area contributed by atoms with Crippen LogP contribution in [-0.2, 0) is 9.53 Å². The van der Waals surface area contributed by atoms with Crippen LogP contribution in [-0.4, -0.2) is 18.5 Å². The maximum absolute atomic E-state index is 12.1.